The second-order valence-corrected chi connectivity index (χ2v) is 2.32. The molecule has 13 heavy (non-hydrogen) atoms. The molecule has 1 aromatic rings. The summed E-state index contributed by atoms with van der Waals surface area (Å²) in [7, 11) is 0. The van der Waals surface area contributed by atoms with Crippen LogP contribution in [-0.2, 0) is 6.18 Å². The van der Waals surface area contributed by atoms with Gasteiger partial charge in [-0.15, -0.1) is 0 Å². The van der Waals surface area contributed by atoms with Gasteiger partial charge in [-0.05, 0) is 12.1 Å². The summed E-state index contributed by atoms with van der Waals surface area (Å²) in [4.78, 5) is 10.2. The summed E-state index contributed by atoms with van der Waals surface area (Å²) in [5, 5.41) is 0. The molecule has 0 aromatic heterocycles. The van der Waals surface area contributed by atoms with E-state index in [0.29, 0.717) is 6.07 Å². The molecule has 5 heteroatoms. The van der Waals surface area contributed by atoms with Gasteiger partial charge >= 0.3 is 6.18 Å². The number of hydrogen-bond donors (Lipinski definition) is 0. The Bertz CT molecular complexity index is 329. The highest BCUT2D eigenvalue weighted by molar-refractivity contribution is 5.78. The molecule has 0 atom stereocenters. The van der Waals surface area contributed by atoms with Gasteiger partial charge in [-0.2, -0.15) is 13.2 Å². The third kappa shape index (κ3) is 1.85. The molecular formula is C8H4F4O. The zero-order chi connectivity index (χ0) is 10.1. The second kappa shape index (κ2) is 3.16. The average Bonchev–Trinajstić information content (AvgIpc) is 2.02. The summed E-state index contributed by atoms with van der Waals surface area (Å²) >= 11 is 0. The van der Waals surface area contributed by atoms with Crippen LogP contribution in [0.5, 0.6) is 0 Å². The maximum atomic E-state index is 12.6. The smallest absolute Gasteiger partial charge is 0.298 e. The molecule has 0 N–H and O–H groups in total. The molecule has 0 unspecified atom stereocenters. The Kier molecular flexibility index (Phi) is 2.36. The number of aldehydes is 1. The highest BCUT2D eigenvalue weighted by atomic mass is 19.4. The molecule has 1 aromatic carbocycles. The van der Waals surface area contributed by atoms with Gasteiger partial charge in [0.05, 0.1) is 11.1 Å². The molecule has 1 rings (SSSR count). The van der Waals surface area contributed by atoms with Gasteiger partial charge in [0.15, 0.2) is 6.29 Å². The molecule has 0 bridgehead atoms. The van der Waals surface area contributed by atoms with Crippen LogP contribution < -0.4 is 0 Å². The van der Waals surface area contributed by atoms with Gasteiger partial charge in [0.2, 0.25) is 0 Å². The highest BCUT2D eigenvalue weighted by Crippen LogP contribution is 2.31. The quantitative estimate of drug-likeness (QED) is 0.493. The van der Waals surface area contributed by atoms with Gasteiger partial charge < -0.3 is 0 Å². The average molecular weight is 192 g/mol. The van der Waals surface area contributed by atoms with Crippen LogP contribution in [0.3, 0.4) is 0 Å². The van der Waals surface area contributed by atoms with Gasteiger partial charge in [-0.25, -0.2) is 4.39 Å². The van der Waals surface area contributed by atoms with Crippen molar-refractivity contribution in [3.8, 4) is 0 Å². The zero-order valence-corrected chi connectivity index (χ0v) is 6.23. The monoisotopic (exact) mass is 192 g/mol. The van der Waals surface area contributed by atoms with Crippen molar-refractivity contribution in [2.45, 2.75) is 6.18 Å². The van der Waals surface area contributed by atoms with E-state index < -0.39 is 23.1 Å². The van der Waals surface area contributed by atoms with Crippen LogP contribution in [0.1, 0.15) is 15.9 Å². The van der Waals surface area contributed by atoms with Crippen molar-refractivity contribution in [1.82, 2.24) is 0 Å². The maximum Gasteiger partial charge on any atom is 0.417 e. The lowest BCUT2D eigenvalue weighted by Crippen LogP contribution is -2.10. The standard InChI is InChI=1S/C8H4F4O/c9-7-3-1-2-6(5(7)4-13)8(10,11)12/h1-4H. The Morgan fingerprint density at radius 1 is 1.23 bits per heavy atom. The van der Waals surface area contributed by atoms with Crippen molar-refractivity contribution in [3.05, 3.63) is 35.1 Å². The van der Waals surface area contributed by atoms with E-state index in [-0.39, 0.29) is 6.29 Å². The largest absolute Gasteiger partial charge is 0.417 e. The Labute approximate surface area is 71.0 Å². The number of rotatable bonds is 1. The van der Waals surface area contributed by atoms with E-state index in [1.165, 1.54) is 0 Å². The van der Waals surface area contributed by atoms with E-state index in [1.807, 2.05) is 0 Å². The van der Waals surface area contributed by atoms with E-state index >= 15 is 0 Å². The van der Waals surface area contributed by atoms with Gasteiger partial charge in [-0.1, -0.05) is 6.07 Å². The first-order chi connectivity index (χ1) is 5.96. The van der Waals surface area contributed by atoms with Crippen molar-refractivity contribution in [2.75, 3.05) is 0 Å². The summed E-state index contributed by atoms with van der Waals surface area (Å²) in [6, 6.07) is 2.37. The van der Waals surface area contributed by atoms with E-state index in [0.717, 1.165) is 12.1 Å². The summed E-state index contributed by atoms with van der Waals surface area (Å²) < 4.78 is 48.9. The molecule has 0 heterocycles. The number of carbonyl (C=O) groups is 1. The van der Waals surface area contributed by atoms with Crippen molar-refractivity contribution >= 4 is 6.29 Å². The fourth-order valence-corrected chi connectivity index (χ4v) is 0.904. The first-order valence-corrected chi connectivity index (χ1v) is 3.27. The first-order valence-electron chi connectivity index (χ1n) is 3.27. The van der Waals surface area contributed by atoms with Gasteiger partial charge in [0.25, 0.3) is 0 Å². The van der Waals surface area contributed by atoms with E-state index in [1.54, 1.807) is 0 Å². The molecule has 0 aliphatic carbocycles. The molecule has 0 saturated heterocycles. The summed E-state index contributed by atoms with van der Waals surface area (Å²) in [6.45, 7) is 0. The lowest BCUT2D eigenvalue weighted by atomic mass is 10.1. The molecule has 0 aliphatic rings. The van der Waals surface area contributed by atoms with Crippen LogP contribution in [0.25, 0.3) is 0 Å². The number of halogens is 4. The van der Waals surface area contributed by atoms with Crippen LogP contribution in [0.15, 0.2) is 18.2 Å². The molecule has 0 saturated carbocycles. The molecule has 0 aliphatic heterocycles. The molecule has 0 fully saturated rings. The minimum atomic E-state index is -4.70. The number of alkyl halides is 3. The molecular weight excluding hydrogens is 188 g/mol. The number of benzene rings is 1. The van der Waals surface area contributed by atoms with Crippen molar-refractivity contribution in [3.63, 3.8) is 0 Å². The SMILES string of the molecule is O=Cc1c(F)cccc1C(F)(F)F. The Balaban J connectivity index is 3.37. The van der Waals surface area contributed by atoms with Crippen LogP contribution in [0, 0.1) is 5.82 Å². The van der Waals surface area contributed by atoms with Crippen LogP contribution >= 0.6 is 0 Å². The minimum absolute atomic E-state index is 0.141. The van der Waals surface area contributed by atoms with Gasteiger partial charge in [0.1, 0.15) is 5.82 Å². The highest BCUT2D eigenvalue weighted by Gasteiger charge is 2.34. The predicted octanol–water partition coefficient (Wildman–Crippen LogP) is 2.66. The summed E-state index contributed by atoms with van der Waals surface area (Å²) in [6.07, 6.45) is -4.84. The fourth-order valence-electron chi connectivity index (χ4n) is 0.904. The Hall–Kier alpha value is -1.39. The van der Waals surface area contributed by atoms with E-state index in [9.17, 15) is 22.4 Å². The Morgan fingerprint density at radius 2 is 1.85 bits per heavy atom. The van der Waals surface area contributed by atoms with Gasteiger partial charge in [0, 0.05) is 0 Å². The fraction of sp³-hybridized carbons (Fsp3) is 0.125. The second-order valence-electron chi connectivity index (χ2n) is 2.32. The van der Waals surface area contributed by atoms with E-state index in [4.69, 9.17) is 0 Å². The topological polar surface area (TPSA) is 17.1 Å². The number of carbonyl (C=O) groups excluding carboxylic acids is 1. The normalized spacial score (nSPS) is 11.4. The molecule has 70 valence electrons. The summed E-state index contributed by atoms with van der Waals surface area (Å²) in [5.41, 5.74) is -2.20. The van der Waals surface area contributed by atoms with Crippen molar-refractivity contribution in [1.29, 1.82) is 0 Å². The first kappa shape index (κ1) is 9.70. The molecule has 0 spiro atoms. The predicted molar refractivity (Wildman–Crippen MR) is 36.8 cm³/mol. The third-order valence-electron chi connectivity index (χ3n) is 1.48. The minimum Gasteiger partial charge on any atom is -0.298 e. The lowest BCUT2D eigenvalue weighted by Gasteiger charge is -2.08. The lowest BCUT2D eigenvalue weighted by molar-refractivity contribution is -0.138. The maximum absolute atomic E-state index is 12.6. The third-order valence-corrected chi connectivity index (χ3v) is 1.48. The van der Waals surface area contributed by atoms with Crippen molar-refractivity contribution in [2.24, 2.45) is 0 Å². The van der Waals surface area contributed by atoms with E-state index in [2.05, 4.69) is 0 Å². The van der Waals surface area contributed by atoms with Crippen LogP contribution in [0.2, 0.25) is 0 Å². The number of hydrogen-bond acceptors (Lipinski definition) is 1. The van der Waals surface area contributed by atoms with Crippen LogP contribution in [-0.4, -0.2) is 6.29 Å². The van der Waals surface area contributed by atoms with Crippen molar-refractivity contribution < 1.29 is 22.4 Å². The molecule has 0 amide bonds. The molecule has 0 radical (unpaired) electrons. The Morgan fingerprint density at radius 3 is 2.23 bits per heavy atom. The van der Waals surface area contributed by atoms with Crippen LogP contribution in [0.4, 0.5) is 17.6 Å². The zero-order valence-electron chi connectivity index (χ0n) is 6.23. The van der Waals surface area contributed by atoms with Gasteiger partial charge in [-0.3, -0.25) is 4.79 Å². The molecule has 1 nitrogen and oxygen atoms in total. The summed E-state index contributed by atoms with van der Waals surface area (Å²) in [5.74, 6) is -1.16.